The molecule has 0 unspecified atom stereocenters. The molecule has 0 radical (unpaired) electrons. The minimum Gasteiger partial charge on any atom is -0.428 e. The SMILES string of the molecule is CC.CN(C)CCc1c[nH]c2cccc(OS)c12. The maximum absolute atomic E-state index is 5.09. The Morgan fingerprint density at radius 3 is 2.61 bits per heavy atom. The molecular weight excluding hydrogens is 244 g/mol. The molecule has 0 saturated heterocycles. The van der Waals surface area contributed by atoms with E-state index in [-0.39, 0.29) is 0 Å². The second kappa shape index (κ2) is 7.34. The van der Waals surface area contributed by atoms with Gasteiger partial charge in [0.15, 0.2) is 0 Å². The Balaban J connectivity index is 0.000000771. The summed E-state index contributed by atoms with van der Waals surface area (Å²) >= 11 is 3.89. The van der Waals surface area contributed by atoms with Crippen LogP contribution in [0.4, 0.5) is 0 Å². The van der Waals surface area contributed by atoms with Gasteiger partial charge in [0.1, 0.15) is 5.75 Å². The van der Waals surface area contributed by atoms with Gasteiger partial charge in [0.2, 0.25) is 0 Å². The topological polar surface area (TPSA) is 28.3 Å². The van der Waals surface area contributed by atoms with Gasteiger partial charge in [-0.1, -0.05) is 19.9 Å². The molecule has 1 N–H and O–H groups in total. The second-order valence-electron chi connectivity index (χ2n) is 4.14. The molecule has 0 aliphatic rings. The van der Waals surface area contributed by atoms with Gasteiger partial charge < -0.3 is 14.1 Å². The zero-order valence-electron chi connectivity index (χ0n) is 11.5. The molecule has 0 spiro atoms. The third-order valence-electron chi connectivity index (χ3n) is 2.68. The number of nitrogens with one attached hydrogen (secondary N) is 1. The van der Waals surface area contributed by atoms with E-state index < -0.39 is 0 Å². The largest absolute Gasteiger partial charge is 0.428 e. The summed E-state index contributed by atoms with van der Waals surface area (Å²) in [5, 5.41) is 1.14. The van der Waals surface area contributed by atoms with Crippen LogP contribution in [0, 0.1) is 0 Å². The highest BCUT2D eigenvalue weighted by molar-refractivity contribution is 7.75. The third-order valence-corrected chi connectivity index (χ3v) is 2.87. The first-order chi connectivity index (χ1) is 8.72. The summed E-state index contributed by atoms with van der Waals surface area (Å²) < 4.78 is 5.09. The number of H-pyrrole nitrogens is 1. The van der Waals surface area contributed by atoms with E-state index in [9.17, 15) is 0 Å². The minimum atomic E-state index is 0.816. The molecule has 0 atom stereocenters. The lowest BCUT2D eigenvalue weighted by molar-refractivity contribution is 0.414. The number of likely N-dealkylation sites (N-methyl/N-ethyl adjacent to an activating group) is 1. The van der Waals surface area contributed by atoms with Crippen molar-refractivity contribution in [2.24, 2.45) is 0 Å². The number of aromatic amines is 1. The van der Waals surface area contributed by atoms with Gasteiger partial charge in [-0.15, -0.1) is 0 Å². The van der Waals surface area contributed by atoms with Crippen LogP contribution in [0.1, 0.15) is 19.4 Å². The van der Waals surface area contributed by atoms with E-state index in [0.717, 1.165) is 29.6 Å². The fourth-order valence-electron chi connectivity index (χ4n) is 1.84. The average molecular weight is 266 g/mol. The van der Waals surface area contributed by atoms with Crippen molar-refractivity contribution < 1.29 is 4.18 Å². The van der Waals surface area contributed by atoms with Crippen LogP contribution in [0.5, 0.6) is 5.75 Å². The van der Waals surface area contributed by atoms with Gasteiger partial charge in [-0.25, -0.2) is 0 Å². The third kappa shape index (κ3) is 3.43. The molecule has 0 aliphatic carbocycles. The smallest absolute Gasteiger partial charge is 0.146 e. The lowest BCUT2D eigenvalue weighted by Crippen LogP contribution is -2.14. The molecule has 2 rings (SSSR count). The van der Waals surface area contributed by atoms with Crippen molar-refractivity contribution in [2.45, 2.75) is 20.3 Å². The van der Waals surface area contributed by atoms with E-state index in [2.05, 4.69) is 36.9 Å². The normalized spacial score (nSPS) is 10.3. The molecule has 2 aromatic rings. The lowest BCUT2D eigenvalue weighted by atomic mass is 10.1. The van der Waals surface area contributed by atoms with Crippen molar-refractivity contribution in [3.8, 4) is 5.75 Å². The Bertz CT molecular complexity index is 480. The van der Waals surface area contributed by atoms with Crippen molar-refractivity contribution in [3.05, 3.63) is 30.0 Å². The van der Waals surface area contributed by atoms with Crippen molar-refractivity contribution in [1.29, 1.82) is 0 Å². The molecular formula is C14H22N2OS. The number of nitrogens with zero attached hydrogens (tertiary/aromatic N) is 1. The van der Waals surface area contributed by atoms with Crippen LogP contribution in [0.25, 0.3) is 10.9 Å². The molecule has 0 fully saturated rings. The molecule has 0 saturated carbocycles. The van der Waals surface area contributed by atoms with E-state index in [1.54, 1.807) is 0 Å². The van der Waals surface area contributed by atoms with Crippen molar-refractivity contribution >= 4 is 23.8 Å². The van der Waals surface area contributed by atoms with Crippen LogP contribution in [0.3, 0.4) is 0 Å². The summed E-state index contributed by atoms with van der Waals surface area (Å²) in [4.78, 5) is 5.42. The standard InChI is InChI=1S/C12H16N2OS.C2H6/c1-14(2)7-6-9-8-13-10-4-3-5-11(15-16)12(9)10;1-2/h3-5,8,13,16H,6-7H2,1-2H3;1-2H3. The Morgan fingerprint density at radius 1 is 1.28 bits per heavy atom. The first kappa shape index (κ1) is 14.9. The fraction of sp³-hybridized carbons (Fsp3) is 0.429. The maximum atomic E-state index is 5.09. The zero-order chi connectivity index (χ0) is 13.5. The molecule has 0 bridgehead atoms. The van der Waals surface area contributed by atoms with E-state index in [1.165, 1.54) is 5.56 Å². The average Bonchev–Trinajstić information content (AvgIpc) is 2.82. The van der Waals surface area contributed by atoms with E-state index in [4.69, 9.17) is 4.18 Å². The lowest BCUT2D eigenvalue weighted by Gasteiger charge is -2.09. The van der Waals surface area contributed by atoms with Crippen molar-refractivity contribution in [3.63, 3.8) is 0 Å². The Labute approximate surface area is 115 Å². The van der Waals surface area contributed by atoms with Gasteiger partial charge in [-0.3, -0.25) is 0 Å². The summed E-state index contributed by atoms with van der Waals surface area (Å²) in [6.45, 7) is 5.02. The highest BCUT2D eigenvalue weighted by Crippen LogP contribution is 2.29. The van der Waals surface area contributed by atoms with Gasteiger partial charge in [-0.05, 0) is 38.2 Å². The maximum Gasteiger partial charge on any atom is 0.146 e. The van der Waals surface area contributed by atoms with Crippen LogP contribution < -0.4 is 4.18 Å². The van der Waals surface area contributed by atoms with Gasteiger partial charge in [0.25, 0.3) is 0 Å². The number of rotatable bonds is 4. The number of thiol groups is 1. The van der Waals surface area contributed by atoms with Crippen molar-refractivity contribution in [2.75, 3.05) is 20.6 Å². The molecule has 3 nitrogen and oxygen atoms in total. The van der Waals surface area contributed by atoms with E-state index >= 15 is 0 Å². The molecule has 100 valence electrons. The van der Waals surface area contributed by atoms with Crippen LogP contribution >= 0.6 is 12.9 Å². The second-order valence-corrected chi connectivity index (χ2v) is 4.32. The monoisotopic (exact) mass is 266 g/mol. The van der Waals surface area contributed by atoms with Gasteiger partial charge in [0, 0.05) is 36.6 Å². The summed E-state index contributed by atoms with van der Waals surface area (Å²) in [6, 6.07) is 5.94. The van der Waals surface area contributed by atoms with Gasteiger partial charge >= 0.3 is 0 Å². The van der Waals surface area contributed by atoms with Crippen LogP contribution in [-0.2, 0) is 6.42 Å². The van der Waals surface area contributed by atoms with Gasteiger partial charge in [-0.2, -0.15) is 0 Å². The summed E-state index contributed by atoms with van der Waals surface area (Å²) in [5.74, 6) is 0.816. The molecule has 1 heterocycles. The first-order valence-electron chi connectivity index (χ1n) is 6.27. The number of benzene rings is 1. The van der Waals surface area contributed by atoms with Crippen LogP contribution in [0.2, 0.25) is 0 Å². The van der Waals surface area contributed by atoms with Crippen molar-refractivity contribution in [1.82, 2.24) is 9.88 Å². The number of fused-ring (bicyclic) bond motifs is 1. The Morgan fingerprint density at radius 2 is 2.00 bits per heavy atom. The summed E-state index contributed by atoms with van der Waals surface area (Å²) in [7, 11) is 4.15. The highest BCUT2D eigenvalue weighted by atomic mass is 32.1. The summed E-state index contributed by atoms with van der Waals surface area (Å²) in [5.41, 5.74) is 2.37. The predicted octanol–water partition coefficient (Wildman–Crippen LogP) is 3.52. The molecule has 1 aromatic heterocycles. The molecule has 1 aromatic carbocycles. The first-order valence-corrected chi connectivity index (χ1v) is 6.64. The highest BCUT2D eigenvalue weighted by Gasteiger charge is 2.09. The summed E-state index contributed by atoms with van der Waals surface area (Å²) in [6.07, 6.45) is 3.05. The van der Waals surface area contributed by atoms with Gasteiger partial charge in [0.05, 0.1) is 0 Å². The van der Waals surface area contributed by atoms with E-state index in [0.29, 0.717) is 0 Å². The zero-order valence-corrected chi connectivity index (χ0v) is 12.4. The predicted molar refractivity (Wildman–Crippen MR) is 81.5 cm³/mol. The Kier molecular flexibility index (Phi) is 6.09. The Hall–Kier alpha value is -1.13. The quantitative estimate of drug-likeness (QED) is 0.654. The fourth-order valence-corrected chi connectivity index (χ4v) is 1.99. The minimum absolute atomic E-state index is 0.816. The van der Waals surface area contributed by atoms with E-state index in [1.807, 2.05) is 38.2 Å². The molecule has 18 heavy (non-hydrogen) atoms. The number of hydrogen-bond donors (Lipinski definition) is 2. The number of aromatic nitrogens is 1. The molecule has 0 amide bonds. The van der Waals surface area contributed by atoms with Crippen LogP contribution in [-0.4, -0.2) is 30.5 Å². The number of hydrogen-bond acceptors (Lipinski definition) is 3. The molecule has 4 heteroatoms. The van der Waals surface area contributed by atoms with Crippen LogP contribution in [0.15, 0.2) is 24.4 Å². The molecule has 0 aliphatic heterocycles.